The number of methoxy groups -OCH3 is 2. The quantitative estimate of drug-likeness (QED) is 0.650. The predicted molar refractivity (Wildman–Crippen MR) is 108 cm³/mol. The number of aryl methyl sites for hydroxylation is 1. The van der Waals surface area contributed by atoms with Crippen molar-refractivity contribution in [2.45, 2.75) is 6.92 Å². The van der Waals surface area contributed by atoms with Crippen molar-refractivity contribution in [1.29, 1.82) is 0 Å². The van der Waals surface area contributed by atoms with Crippen LogP contribution in [0.2, 0.25) is 0 Å². The summed E-state index contributed by atoms with van der Waals surface area (Å²) in [6.07, 6.45) is 1.70. The molecule has 8 heteroatoms. The third kappa shape index (κ3) is 2.78. The van der Waals surface area contributed by atoms with Crippen LogP contribution < -0.4 is 14.4 Å². The Labute approximate surface area is 172 Å². The maximum atomic E-state index is 15.1. The van der Waals surface area contributed by atoms with Crippen molar-refractivity contribution in [2.24, 2.45) is 5.41 Å². The minimum atomic E-state index is -0.818. The van der Waals surface area contributed by atoms with E-state index in [1.54, 1.807) is 12.3 Å². The molecular formula is C22H21F2N3O3. The lowest BCUT2D eigenvalue weighted by Crippen LogP contribution is -2.66. The molecule has 0 bridgehead atoms. The average molecular weight is 413 g/mol. The Morgan fingerprint density at radius 2 is 1.70 bits per heavy atom. The number of fused-ring (bicyclic) bond motifs is 1. The van der Waals surface area contributed by atoms with Crippen LogP contribution in [0.3, 0.4) is 0 Å². The van der Waals surface area contributed by atoms with Gasteiger partial charge in [-0.1, -0.05) is 0 Å². The lowest BCUT2D eigenvalue weighted by Gasteiger charge is -2.55. The van der Waals surface area contributed by atoms with E-state index < -0.39 is 11.6 Å². The Hall–Kier alpha value is -3.00. The molecule has 0 aliphatic carbocycles. The van der Waals surface area contributed by atoms with Crippen LogP contribution in [0.5, 0.6) is 11.5 Å². The van der Waals surface area contributed by atoms with Crippen molar-refractivity contribution in [2.75, 3.05) is 45.4 Å². The number of benzene rings is 1. The van der Waals surface area contributed by atoms with E-state index in [1.807, 2.05) is 13.0 Å². The number of anilines is 1. The lowest BCUT2D eigenvalue weighted by atomic mass is 9.78. The third-order valence-corrected chi connectivity index (χ3v) is 5.83. The predicted octanol–water partition coefficient (Wildman–Crippen LogP) is 3.74. The highest BCUT2D eigenvalue weighted by molar-refractivity contribution is 5.95. The Morgan fingerprint density at radius 1 is 1.03 bits per heavy atom. The first-order valence-electron chi connectivity index (χ1n) is 9.65. The number of halogens is 2. The van der Waals surface area contributed by atoms with Gasteiger partial charge in [0.05, 0.1) is 44.1 Å². The van der Waals surface area contributed by atoms with E-state index in [4.69, 9.17) is 19.2 Å². The van der Waals surface area contributed by atoms with Crippen molar-refractivity contribution in [3.63, 3.8) is 0 Å². The van der Waals surface area contributed by atoms with E-state index in [0.717, 1.165) is 42.8 Å². The molecular weight excluding hydrogens is 392 g/mol. The Kier molecular flexibility index (Phi) is 4.28. The normalized spacial score (nSPS) is 17.0. The van der Waals surface area contributed by atoms with Gasteiger partial charge in [0, 0.05) is 41.8 Å². The zero-order chi connectivity index (χ0) is 21.0. The van der Waals surface area contributed by atoms with E-state index in [-0.39, 0.29) is 28.2 Å². The van der Waals surface area contributed by atoms with E-state index >= 15 is 8.78 Å². The van der Waals surface area contributed by atoms with Crippen LogP contribution in [0.25, 0.3) is 22.0 Å². The van der Waals surface area contributed by atoms with Crippen LogP contribution in [0.15, 0.2) is 24.4 Å². The maximum absolute atomic E-state index is 15.1. The molecule has 0 amide bonds. The summed E-state index contributed by atoms with van der Waals surface area (Å²) in [7, 11) is 2.65. The van der Waals surface area contributed by atoms with Gasteiger partial charge in [0.15, 0.2) is 23.1 Å². The fourth-order valence-corrected chi connectivity index (χ4v) is 4.20. The Morgan fingerprint density at radius 3 is 2.27 bits per heavy atom. The largest absolute Gasteiger partial charge is 0.494 e. The monoisotopic (exact) mass is 413 g/mol. The van der Waals surface area contributed by atoms with Crippen molar-refractivity contribution in [3.05, 3.63) is 41.7 Å². The molecule has 0 saturated carbocycles. The number of hydrogen-bond acceptors (Lipinski definition) is 6. The molecule has 30 heavy (non-hydrogen) atoms. The first-order chi connectivity index (χ1) is 14.4. The molecule has 1 spiro atoms. The summed E-state index contributed by atoms with van der Waals surface area (Å²) in [5.41, 5.74) is 0.904. The smallest absolute Gasteiger partial charge is 0.177 e. The molecule has 2 aromatic heterocycles. The molecule has 2 saturated heterocycles. The second kappa shape index (κ2) is 6.77. The molecule has 0 N–H and O–H groups in total. The zero-order valence-corrected chi connectivity index (χ0v) is 17.0. The second-order valence-corrected chi connectivity index (χ2v) is 8.01. The molecule has 3 aromatic rings. The van der Waals surface area contributed by atoms with Gasteiger partial charge in [-0.15, -0.1) is 0 Å². The third-order valence-electron chi connectivity index (χ3n) is 5.83. The fourth-order valence-electron chi connectivity index (χ4n) is 4.20. The van der Waals surface area contributed by atoms with Crippen LogP contribution in [0, 0.1) is 24.0 Å². The molecule has 0 atom stereocenters. The molecule has 2 fully saturated rings. The van der Waals surface area contributed by atoms with Gasteiger partial charge in [0.25, 0.3) is 0 Å². The SMILES string of the molecule is COc1cc(OC)c(F)c(-c2cc3cnc(C)cc3c(N3CC4(COC4)C3)n2)c1F. The van der Waals surface area contributed by atoms with Crippen molar-refractivity contribution >= 4 is 16.6 Å². The van der Waals surface area contributed by atoms with Crippen molar-refractivity contribution < 1.29 is 23.0 Å². The summed E-state index contributed by atoms with van der Waals surface area (Å²) in [5.74, 6) is -1.17. The first-order valence-corrected chi connectivity index (χ1v) is 9.65. The van der Waals surface area contributed by atoms with Gasteiger partial charge in [-0.05, 0) is 19.1 Å². The minimum absolute atomic E-state index is 0.108. The molecule has 0 unspecified atom stereocenters. The summed E-state index contributed by atoms with van der Waals surface area (Å²) >= 11 is 0. The van der Waals surface area contributed by atoms with Gasteiger partial charge in [0.1, 0.15) is 5.82 Å². The fraction of sp³-hybridized carbons (Fsp3) is 0.364. The van der Waals surface area contributed by atoms with Crippen molar-refractivity contribution in [1.82, 2.24) is 9.97 Å². The molecule has 2 aliphatic rings. The second-order valence-electron chi connectivity index (χ2n) is 8.01. The van der Waals surface area contributed by atoms with Crippen LogP contribution in [-0.2, 0) is 4.74 Å². The number of rotatable bonds is 4. The van der Waals surface area contributed by atoms with Crippen molar-refractivity contribution in [3.8, 4) is 22.8 Å². The summed E-state index contributed by atoms with van der Waals surface area (Å²) < 4.78 is 45.7. The molecule has 1 aromatic carbocycles. The van der Waals surface area contributed by atoms with E-state index in [1.165, 1.54) is 20.3 Å². The number of hydrogen-bond donors (Lipinski definition) is 0. The lowest BCUT2D eigenvalue weighted by molar-refractivity contribution is -0.127. The van der Waals surface area contributed by atoms with Crippen LogP contribution in [0.4, 0.5) is 14.6 Å². The summed E-state index contributed by atoms with van der Waals surface area (Å²) in [5, 5.41) is 1.66. The van der Waals surface area contributed by atoms with Crippen LogP contribution in [-0.4, -0.2) is 50.5 Å². The van der Waals surface area contributed by atoms with Gasteiger partial charge in [-0.2, -0.15) is 0 Å². The van der Waals surface area contributed by atoms with Gasteiger partial charge in [-0.3, -0.25) is 4.98 Å². The Bertz CT molecular complexity index is 1130. The molecule has 5 rings (SSSR count). The molecule has 0 radical (unpaired) electrons. The molecule has 2 aliphatic heterocycles. The van der Waals surface area contributed by atoms with Gasteiger partial charge in [0.2, 0.25) is 0 Å². The maximum Gasteiger partial charge on any atom is 0.177 e. The zero-order valence-electron chi connectivity index (χ0n) is 17.0. The molecule has 6 nitrogen and oxygen atoms in total. The highest BCUT2D eigenvalue weighted by atomic mass is 19.1. The van der Waals surface area contributed by atoms with Crippen LogP contribution in [0.1, 0.15) is 5.69 Å². The first kappa shape index (κ1) is 19.0. The van der Waals surface area contributed by atoms with Gasteiger partial charge < -0.3 is 19.1 Å². The van der Waals surface area contributed by atoms with E-state index in [9.17, 15) is 0 Å². The van der Waals surface area contributed by atoms with Crippen LogP contribution >= 0.6 is 0 Å². The molecule has 156 valence electrons. The van der Waals surface area contributed by atoms with E-state index in [2.05, 4.69) is 9.88 Å². The molecule has 4 heterocycles. The number of nitrogens with zero attached hydrogens (tertiary/aromatic N) is 3. The summed E-state index contributed by atoms with van der Waals surface area (Å²) in [4.78, 5) is 11.2. The number of aromatic nitrogens is 2. The number of ether oxygens (including phenoxy) is 3. The topological polar surface area (TPSA) is 56.7 Å². The van der Waals surface area contributed by atoms with Gasteiger partial charge >= 0.3 is 0 Å². The van der Waals surface area contributed by atoms with Gasteiger partial charge in [-0.25, -0.2) is 13.8 Å². The average Bonchev–Trinajstić information content (AvgIpc) is 2.66. The highest BCUT2D eigenvalue weighted by Gasteiger charge is 2.49. The van der Waals surface area contributed by atoms with E-state index in [0.29, 0.717) is 5.82 Å². The summed E-state index contributed by atoms with van der Waals surface area (Å²) in [6, 6.07) is 4.78. The number of pyridine rings is 2. The summed E-state index contributed by atoms with van der Waals surface area (Å²) in [6.45, 7) is 4.97. The standard InChI is InChI=1S/C22H21F2N3O3/c1-12-4-14-13(7-25-12)5-15(26-21(14)27-8-22(9-27)10-30-11-22)18-19(23)16(28-2)6-17(29-3)20(18)24/h4-7H,8-11H2,1-3H3. The highest BCUT2D eigenvalue weighted by Crippen LogP contribution is 2.44. The minimum Gasteiger partial charge on any atom is -0.494 e. The Balaban J connectivity index is 1.70.